The third kappa shape index (κ3) is 8.39. The van der Waals surface area contributed by atoms with E-state index in [0.717, 1.165) is 23.8 Å². The number of anilines is 1. The molecule has 36 heavy (non-hydrogen) atoms. The number of hydrogen-bond donors (Lipinski definition) is 1. The van der Waals surface area contributed by atoms with E-state index in [4.69, 9.17) is 23.2 Å². The molecule has 0 aliphatic heterocycles. The van der Waals surface area contributed by atoms with Crippen LogP contribution >= 0.6 is 23.2 Å². The standard InChI is InChI=1S/C26H35Cl2N3O4S/c1-6-19(3)29-26(33)20(4)30(17-21-13-14-22(27)23(28)16-21)25(32)12-9-15-31(36(5,34)35)24-11-8-7-10-18(24)2/h7-8,10-11,13-14,16,19-20H,6,9,12,15,17H2,1-5H3,(H,29,33). The molecule has 2 amide bonds. The molecule has 0 saturated heterocycles. The van der Waals surface area contributed by atoms with Gasteiger partial charge in [-0.15, -0.1) is 0 Å². The Bertz CT molecular complexity index is 1170. The van der Waals surface area contributed by atoms with Crippen LogP contribution in [-0.4, -0.2) is 50.0 Å². The molecule has 0 aliphatic carbocycles. The monoisotopic (exact) mass is 555 g/mol. The van der Waals surface area contributed by atoms with Gasteiger partial charge >= 0.3 is 0 Å². The summed E-state index contributed by atoms with van der Waals surface area (Å²) >= 11 is 12.2. The van der Waals surface area contributed by atoms with Gasteiger partial charge in [-0.1, -0.05) is 54.4 Å². The zero-order chi connectivity index (χ0) is 27.0. The van der Waals surface area contributed by atoms with E-state index in [1.807, 2.05) is 32.9 Å². The lowest BCUT2D eigenvalue weighted by Gasteiger charge is -2.30. The van der Waals surface area contributed by atoms with Crippen LogP contribution in [0.25, 0.3) is 0 Å². The van der Waals surface area contributed by atoms with Gasteiger partial charge in [-0.05, 0) is 62.9 Å². The zero-order valence-electron chi connectivity index (χ0n) is 21.4. The molecular weight excluding hydrogens is 521 g/mol. The Kier molecular flexibility index (Phi) is 11.1. The first-order chi connectivity index (χ1) is 16.8. The minimum absolute atomic E-state index is 0.0284. The predicted octanol–water partition coefficient (Wildman–Crippen LogP) is 5.18. The van der Waals surface area contributed by atoms with E-state index in [1.54, 1.807) is 37.3 Å². The van der Waals surface area contributed by atoms with Crippen LogP contribution in [0.3, 0.4) is 0 Å². The van der Waals surface area contributed by atoms with Gasteiger partial charge in [0.2, 0.25) is 21.8 Å². The van der Waals surface area contributed by atoms with E-state index in [0.29, 0.717) is 15.7 Å². The van der Waals surface area contributed by atoms with Crippen molar-refractivity contribution in [1.29, 1.82) is 0 Å². The molecule has 1 N–H and O–H groups in total. The molecule has 198 valence electrons. The molecule has 7 nitrogen and oxygen atoms in total. The van der Waals surface area contributed by atoms with Crippen LogP contribution in [0.4, 0.5) is 5.69 Å². The fourth-order valence-electron chi connectivity index (χ4n) is 3.71. The maximum absolute atomic E-state index is 13.4. The Labute approximate surface area is 224 Å². The highest BCUT2D eigenvalue weighted by Crippen LogP contribution is 2.25. The van der Waals surface area contributed by atoms with Crippen molar-refractivity contribution in [3.05, 3.63) is 63.6 Å². The number of halogens is 2. The van der Waals surface area contributed by atoms with Crippen LogP contribution in [0.2, 0.25) is 10.0 Å². The molecule has 0 spiro atoms. The highest BCUT2D eigenvalue weighted by molar-refractivity contribution is 7.92. The highest BCUT2D eigenvalue weighted by Gasteiger charge is 2.27. The van der Waals surface area contributed by atoms with Gasteiger partial charge in [0.05, 0.1) is 22.0 Å². The predicted molar refractivity (Wildman–Crippen MR) is 147 cm³/mol. The maximum Gasteiger partial charge on any atom is 0.242 e. The van der Waals surface area contributed by atoms with Crippen molar-refractivity contribution in [2.75, 3.05) is 17.1 Å². The van der Waals surface area contributed by atoms with Crippen LogP contribution in [0, 0.1) is 6.92 Å². The van der Waals surface area contributed by atoms with Gasteiger partial charge in [0, 0.05) is 25.6 Å². The number of nitrogens with one attached hydrogen (secondary N) is 1. The van der Waals surface area contributed by atoms with Gasteiger partial charge in [0.25, 0.3) is 0 Å². The smallest absolute Gasteiger partial charge is 0.242 e. The van der Waals surface area contributed by atoms with Crippen molar-refractivity contribution in [1.82, 2.24) is 10.2 Å². The first kappa shape index (κ1) is 29.9. The molecule has 2 unspecified atom stereocenters. The number of hydrogen-bond acceptors (Lipinski definition) is 4. The number of sulfonamides is 1. The molecule has 0 bridgehead atoms. The SMILES string of the molecule is CCC(C)NC(=O)C(C)N(Cc1ccc(Cl)c(Cl)c1)C(=O)CCCN(c1ccccc1C)S(C)(=O)=O. The number of rotatable bonds is 12. The highest BCUT2D eigenvalue weighted by atomic mass is 35.5. The molecule has 0 radical (unpaired) electrons. The van der Waals surface area contributed by atoms with E-state index < -0.39 is 16.1 Å². The third-order valence-corrected chi connectivity index (χ3v) is 7.96. The summed E-state index contributed by atoms with van der Waals surface area (Å²) in [4.78, 5) is 27.7. The minimum Gasteiger partial charge on any atom is -0.352 e. The van der Waals surface area contributed by atoms with Crippen molar-refractivity contribution in [3.63, 3.8) is 0 Å². The number of nitrogens with zero attached hydrogens (tertiary/aromatic N) is 2. The van der Waals surface area contributed by atoms with E-state index in [9.17, 15) is 18.0 Å². The first-order valence-corrected chi connectivity index (χ1v) is 14.5. The molecule has 2 aromatic rings. The molecule has 0 aromatic heterocycles. The van der Waals surface area contributed by atoms with E-state index >= 15 is 0 Å². The number of para-hydroxylation sites is 1. The van der Waals surface area contributed by atoms with E-state index in [1.165, 1.54) is 9.21 Å². The summed E-state index contributed by atoms with van der Waals surface area (Å²) in [7, 11) is -3.55. The van der Waals surface area contributed by atoms with Gasteiger partial charge in [-0.2, -0.15) is 0 Å². The summed E-state index contributed by atoms with van der Waals surface area (Å²) in [5.41, 5.74) is 2.14. The number of aryl methyl sites for hydroxylation is 1. The molecular formula is C26H35Cl2N3O4S. The summed E-state index contributed by atoms with van der Waals surface area (Å²) in [6, 6.07) is 11.5. The second-order valence-electron chi connectivity index (χ2n) is 8.99. The van der Waals surface area contributed by atoms with Crippen LogP contribution in [0.15, 0.2) is 42.5 Å². The lowest BCUT2D eigenvalue weighted by atomic mass is 10.1. The second-order valence-corrected chi connectivity index (χ2v) is 11.7. The number of carbonyl (C=O) groups excluding carboxylic acids is 2. The average molecular weight is 557 g/mol. The summed E-state index contributed by atoms with van der Waals surface area (Å²) in [5, 5.41) is 3.69. The number of amides is 2. The largest absolute Gasteiger partial charge is 0.352 e. The van der Waals surface area contributed by atoms with Gasteiger partial charge in [0.1, 0.15) is 6.04 Å². The van der Waals surface area contributed by atoms with E-state index in [-0.39, 0.29) is 43.8 Å². The van der Waals surface area contributed by atoms with Crippen LogP contribution < -0.4 is 9.62 Å². The van der Waals surface area contributed by atoms with Crippen molar-refractivity contribution in [3.8, 4) is 0 Å². The van der Waals surface area contributed by atoms with Crippen molar-refractivity contribution in [2.24, 2.45) is 0 Å². The maximum atomic E-state index is 13.4. The molecule has 10 heteroatoms. The summed E-state index contributed by atoms with van der Waals surface area (Å²) in [6.07, 6.45) is 2.27. The molecule has 2 rings (SSSR count). The molecule has 0 saturated carbocycles. The summed E-state index contributed by atoms with van der Waals surface area (Å²) < 4.78 is 26.3. The number of benzene rings is 2. The van der Waals surface area contributed by atoms with Crippen LogP contribution in [-0.2, 0) is 26.2 Å². The van der Waals surface area contributed by atoms with Gasteiger partial charge in [0.15, 0.2) is 0 Å². The quantitative estimate of drug-likeness (QED) is 0.391. The van der Waals surface area contributed by atoms with Crippen LogP contribution in [0.1, 0.15) is 51.2 Å². The zero-order valence-corrected chi connectivity index (χ0v) is 23.8. The lowest BCUT2D eigenvalue weighted by Crippen LogP contribution is -2.49. The fraction of sp³-hybridized carbons (Fsp3) is 0.462. The number of carbonyl (C=O) groups is 2. The Morgan fingerprint density at radius 2 is 1.72 bits per heavy atom. The third-order valence-electron chi connectivity index (χ3n) is 6.04. The second kappa shape index (κ2) is 13.3. The van der Waals surface area contributed by atoms with Crippen molar-refractivity contribution in [2.45, 2.75) is 65.6 Å². The molecule has 0 aliphatic rings. The van der Waals surface area contributed by atoms with Crippen molar-refractivity contribution >= 4 is 50.7 Å². The molecule has 2 aromatic carbocycles. The Balaban J connectivity index is 2.21. The van der Waals surface area contributed by atoms with Crippen LogP contribution in [0.5, 0.6) is 0 Å². The molecule has 2 atom stereocenters. The normalized spacial score (nSPS) is 13.1. The first-order valence-electron chi connectivity index (χ1n) is 11.9. The topological polar surface area (TPSA) is 86.8 Å². The Hall–Kier alpha value is -2.29. The average Bonchev–Trinajstić information content (AvgIpc) is 2.81. The summed E-state index contributed by atoms with van der Waals surface area (Å²) in [5.74, 6) is -0.512. The van der Waals surface area contributed by atoms with E-state index in [2.05, 4.69) is 5.32 Å². The molecule has 0 fully saturated rings. The minimum atomic E-state index is -3.55. The fourth-order valence-corrected chi connectivity index (χ4v) is 5.05. The Morgan fingerprint density at radius 1 is 1.06 bits per heavy atom. The summed E-state index contributed by atoms with van der Waals surface area (Å²) in [6.45, 7) is 7.71. The lowest BCUT2D eigenvalue weighted by molar-refractivity contribution is -0.140. The van der Waals surface area contributed by atoms with Gasteiger partial charge in [-0.3, -0.25) is 13.9 Å². The van der Waals surface area contributed by atoms with Gasteiger partial charge < -0.3 is 10.2 Å². The van der Waals surface area contributed by atoms with Crippen molar-refractivity contribution < 1.29 is 18.0 Å². The molecule has 0 heterocycles. The van der Waals surface area contributed by atoms with Gasteiger partial charge in [-0.25, -0.2) is 8.42 Å². The Morgan fingerprint density at radius 3 is 2.31 bits per heavy atom.